The summed E-state index contributed by atoms with van der Waals surface area (Å²) >= 11 is 0. The Balaban J connectivity index is 1.88. The van der Waals surface area contributed by atoms with Crippen LogP contribution in [0.4, 0.5) is 0 Å². The van der Waals surface area contributed by atoms with Crippen molar-refractivity contribution in [3.8, 4) is 0 Å². The number of carbonyl (C=O) groups excluding carboxylic acids is 1. The molecule has 1 aromatic rings. The van der Waals surface area contributed by atoms with Gasteiger partial charge in [-0.2, -0.15) is 0 Å². The van der Waals surface area contributed by atoms with Crippen molar-refractivity contribution < 1.29 is 19.4 Å². The van der Waals surface area contributed by atoms with Crippen molar-refractivity contribution in [2.75, 3.05) is 6.61 Å². The summed E-state index contributed by atoms with van der Waals surface area (Å²) in [6.07, 6.45) is -1.60. The van der Waals surface area contributed by atoms with Gasteiger partial charge in [0.25, 0.3) is 0 Å². The van der Waals surface area contributed by atoms with Crippen LogP contribution in [0, 0.1) is 11.8 Å². The molecule has 2 N–H and O–H groups in total. The maximum atomic E-state index is 12.0. The van der Waals surface area contributed by atoms with E-state index in [4.69, 9.17) is 9.47 Å². The third-order valence-electron chi connectivity index (χ3n) is 4.70. The van der Waals surface area contributed by atoms with Gasteiger partial charge in [-0.1, -0.05) is 51.1 Å². The highest BCUT2D eigenvalue weighted by atomic mass is 16.7. The predicted octanol–water partition coefficient (Wildman–Crippen LogP) is 1.62. The van der Waals surface area contributed by atoms with Gasteiger partial charge in [-0.25, -0.2) is 0 Å². The normalized spacial score (nSPS) is 38.5. The zero-order valence-corrected chi connectivity index (χ0v) is 13.2. The SMILES string of the molecule is CC(C)[C@@H]1O[C@H](c2ccccc2)OC[C@@]12NC(=O)[C@H](C)[C@@H]2O. The van der Waals surface area contributed by atoms with Crippen LogP contribution in [0.25, 0.3) is 0 Å². The Bertz CT molecular complexity index is 547. The number of amides is 1. The van der Waals surface area contributed by atoms with Gasteiger partial charge in [0.1, 0.15) is 5.54 Å². The van der Waals surface area contributed by atoms with Crippen LogP contribution in [-0.4, -0.2) is 35.4 Å². The highest BCUT2D eigenvalue weighted by Crippen LogP contribution is 2.41. The van der Waals surface area contributed by atoms with E-state index < -0.39 is 23.9 Å². The van der Waals surface area contributed by atoms with Gasteiger partial charge in [0, 0.05) is 5.56 Å². The Morgan fingerprint density at radius 1 is 1.32 bits per heavy atom. The second-order valence-corrected chi connectivity index (χ2v) is 6.62. The lowest BCUT2D eigenvalue weighted by molar-refractivity contribution is -0.274. The summed E-state index contributed by atoms with van der Waals surface area (Å²) in [7, 11) is 0. The van der Waals surface area contributed by atoms with Gasteiger partial charge >= 0.3 is 0 Å². The molecule has 1 spiro atoms. The molecule has 2 fully saturated rings. The molecule has 0 aromatic heterocycles. The van der Waals surface area contributed by atoms with Gasteiger partial charge in [-0.3, -0.25) is 4.79 Å². The molecule has 0 bridgehead atoms. The molecule has 120 valence electrons. The fourth-order valence-corrected chi connectivity index (χ4v) is 3.49. The Hall–Kier alpha value is -1.43. The standard InChI is InChI=1S/C17H23NO4/c1-10(2)14-17(13(19)11(3)15(20)18-17)9-21-16(22-14)12-7-5-4-6-8-12/h4-8,10-11,13-14,16,19H,9H2,1-3H3,(H,18,20)/t11-,13+,14+,16-,17+/m1/s1. The number of carbonyl (C=O) groups is 1. The molecule has 0 saturated carbocycles. The van der Waals surface area contributed by atoms with E-state index in [-0.39, 0.29) is 24.5 Å². The Kier molecular flexibility index (Phi) is 3.97. The summed E-state index contributed by atoms with van der Waals surface area (Å²) in [5.41, 5.74) is 0.0746. The number of nitrogens with one attached hydrogen (secondary N) is 1. The van der Waals surface area contributed by atoms with Crippen LogP contribution < -0.4 is 5.32 Å². The largest absolute Gasteiger partial charge is 0.390 e. The zero-order valence-electron chi connectivity index (χ0n) is 13.2. The zero-order chi connectivity index (χ0) is 15.9. The van der Waals surface area contributed by atoms with Crippen LogP contribution >= 0.6 is 0 Å². The average Bonchev–Trinajstić information content (AvgIpc) is 2.73. The summed E-state index contributed by atoms with van der Waals surface area (Å²) in [5.74, 6) is -0.472. The quantitative estimate of drug-likeness (QED) is 0.871. The van der Waals surface area contributed by atoms with Crippen molar-refractivity contribution in [3.05, 3.63) is 35.9 Å². The van der Waals surface area contributed by atoms with Gasteiger partial charge in [0.15, 0.2) is 6.29 Å². The van der Waals surface area contributed by atoms with Crippen LogP contribution in [0.2, 0.25) is 0 Å². The van der Waals surface area contributed by atoms with E-state index in [9.17, 15) is 9.90 Å². The number of rotatable bonds is 2. The van der Waals surface area contributed by atoms with Crippen LogP contribution in [0.15, 0.2) is 30.3 Å². The van der Waals surface area contributed by atoms with Gasteiger partial charge in [-0.05, 0) is 5.92 Å². The van der Waals surface area contributed by atoms with Gasteiger partial charge < -0.3 is 19.9 Å². The molecule has 2 aliphatic rings. The van der Waals surface area contributed by atoms with Crippen molar-refractivity contribution in [1.29, 1.82) is 0 Å². The Morgan fingerprint density at radius 3 is 2.55 bits per heavy atom. The minimum atomic E-state index is -0.865. The van der Waals surface area contributed by atoms with Crippen LogP contribution in [0.3, 0.4) is 0 Å². The minimum absolute atomic E-state index is 0.135. The monoisotopic (exact) mass is 305 g/mol. The van der Waals surface area contributed by atoms with Crippen LogP contribution in [-0.2, 0) is 14.3 Å². The first-order valence-corrected chi connectivity index (χ1v) is 7.78. The van der Waals surface area contributed by atoms with E-state index in [1.165, 1.54) is 0 Å². The maximum Gasteiger partial charge on any atom is 0.226 e. The van der Waals surface area contributed by atoms with Gasteiger partial charge in [0.05, 0.1) is 24.7 Å². The minimum Gasteiger partial charge on any atom is -0.390 e. The smallest absolute Gasteiger partial charge is 0.226 e. The fraction of sp³-hybridized carbons (Fsp3) is 0.588. The van der Waals surface area contributed by atoms with Crippen LogP contribution in [0.1, 0.15) is 32.6 Å². The number of aliphatic hydroxyl groups is 1. The Morgan fingerprint density at radius 2 is 2.00 bits per heavy atom. The molecule has 3 rings (SSSR count). The first kappa shape index (κ1) is 15.5. The highest BCUT2D eigenvalue weighted by Gasteiger charge is 2.59. The van der Waals surface area contributed by atoms with E-state index in [1.807, 2.05) is 44.2 Å². The van der Waals surface area contributed by atoms with Crippen molar-refractivity contribution in [2.24, 2.45) is 11.8 Å². The third kappa shape index (κ3) is 2.33. The lowest BCUT2D eigenvalue weighted by atomic mass is 9.79. The average molecular weight is 305 g/mol. The second-order valence-electron chi connectivity index (χ2n) is 6.62. The van der Waals surface area contributed by atoms with Crippen molar-refractivity contribution >= 4 is 5.91 Å². The van der Waals surface area contributed by atoms with Crippen LogP contribution in [0.5, 0.6) is 0 Å². The summed E-state index contributed by atoms with van der Waals surface area (Å²) in [4.78, 5) is 12.0. The molecule has 0 aliphatic carbocycles. The molecule has 5 nitrogen and oxygen atoms in total. The highest BCUT2D eigenvalue weighted by molar-refractivity contribution is 5.83. The number of ether oxygens (including phenoxy) is 2. The molecular weight excluding hydrogens is 282 g/mol. The van der Waals surface area contributed by atoms with Crippen molar-refractivity contribution in [3.63, 3.8) is 0 Å². The first-order valence-electron chi connectivity index (χ1n) is 7.78. The summed E-state index contributed by atoms with van der Waals surface area (Å²) < 4.78 is 12.0. The summed E-state index contributed by atoms with van der Waals surface area (Å²) in [6, 6.07) is 9.71. The molecule has 0 unspecified atom stereocenters. The van der Waals surface area contributed by atoms with Crippen molar-refractivity contribution in [2.45, 2.75) is 44.8 Å². The molecular formula is C17H23NO4. The molecule has 1 aromatic carbocycles. The Labute approximate surface area is 130 Å². The summed E-state index contributed by atoms with van der Waals surface area (Å²) in [5, 5.41) is 13.5. The molecule has 2 heterocycles. The molecule has 1 amide bonds. The van der Waals surface area contributed by atoms with Gasteiger partial charge in [0.2, 0.25) is 5.91 Å². The molecule has 5 heteroatoms. The van der Waals surface area contributed by atoms with E-state index >= 15 is 0 Å². The lowest BCUT2D eigenvalue weighted by Crippen LogP contribution is -2.66. The first-order chi connectivity index (χ1) is 10.5. The van der Waals surface area contributed by atoms with E-state index in [0.29, 0.717) is 0 Å². The molecule has 0 radical (unpaired) electrons. The maximum absolute atomic E-state index is 12.0. The number of hydrogen-bond acceptors (Lipinski definition) is 4. The lowest BCUT2D eigenvalue weighted by Gasteiger charge is -2.47. The van der Waals surface area contributed by atoms with E-state index in [0.717, 1.165) is 5.56 Å². The molecule has 2 aliphatic heterocycles. The number of hydrogen-bond donors (Lipinski definition) is 2. The summed E-state index contributed by atoms with van der Waals surface area (Å²) in [6.45, 7) is 6.03. The van der Waals surface area contributed by atoms with E-state index in [2.05, 4.69) is 5.32 Å². The third-order valence-corrected chi connectivity index (χ3v) is 4.70. The molecule has 22 heavy (non-hydrogen) atoms. The fourth-order valence-electron chi connectivity index (χ4n) is 3.49. The molecule has 5 atom stereocenters. The number of aliphatic hydroxyl groups excluding tert-OH is 1. The topological polar surface area (TPSA) is 67.8 Å². The van der Waals surface area contributed by atoms with Gasteiger partial charge in [-0.15, -0.1) is 0 Å². The van der Waals surface area contributed by atoms with E-state index in [1.54, 1.807) is 6.92 Å². The predicted molar refractivity (Wildman–Crippen MR) is 80.9 cm³/mol. The second kappa shape index (κ2) is 5.65. The molecule has 2 saturated heterocycles. The van der Waals surface area contributed by atoms with Crippen molar-refractivity contribution in [1.82, 2.24) is 5.32 Å². The number of benzene rings is 1.